The van der Waals surface area contributed by atoms with Crippen LogP contribution in [0.2, 0.25) is 0 Å². The van der Waals surface area contributed by atoms with Crippen LogP contribution in [0.25, 0.3) is 5.78 Å². The second kappa shape index (κ2) is 6.50. The van der Waals surface area contributed by atoms with Crippen LogP contribution in [0.4, 0.5) is 0 Å². The Kier molecular flexibility index (Phi) is 4.71. The summed E-state index contributed by atoms with van der Waals surface area (Å²) >= 11 is 0. The highest BCUT2D eigenvalue weighted by atomic mass is 16.3. The van der Waals surface area contributed by atoms with Gasteiger partial charge in [-0.25, -0.2) is 4.98 Å². The fraction of sp³-hybridized carbons (Fsp3) is 0.643. The highest BCUT2D eigenvalue weighted by molar-refractivity contribution is 5.39. The Bertz CT molecular complexity index is 535. The van der Waals surface area contributed by atoms with Crippen LogP contribution in [0, 0.1) is 6.92 Å². The predicted molar refractivity (Wildman–Crippen MR) is 74.3 cm³/mol. The van der Waals surface area contributed by atoms with Gasteiger partial charge in [0, 0.05) is 11.3 Å². The van der Waals surface area contributed by atoms with E-state index in [2.05, 4.69) is 22.0 Å². The first-order valence-corrected chi connectivity index (χ1v) is 7.12. The lowest BCUT2D eigenvalue weighted by Gasteiger charge is -2.08. The van der Waals surface area contributed by atoms with Gasteiger partial charge >= 0.3 is 0 Å². The zero-order valence-corrected chi connectivity index (χ0v) is 11.8. The van der Waals surface area contributed by atoms with Crippen LogP contribution in [0.5, 0.6) is 5.88 Å². The van der Waals surface area contributed by atoms with E-state index in [1.165, 1.54) is 42.9 Å². The zero-order chi connectivity index (χ0) is 13.7. The van der Waals surface area contributed by atoms with Gasteiger partial charge in [-0.15, -0.1) is 0 Å². The molecule has 1 N–H and O–H groups in total. The third kappa shape index (κ3) is 3.22. The van der Waals surface area contributed by atoms with E-state index in [1.54, 1.807) is 0 Å². The molecule has 5 nitrogen and oxygen atoms in total. The van der Waals surface area contributed by atoms with E-state index in [4.69, 9.17) is 0 Å². The van der Waals surface area contributed by atoms with Crippen molar-refractivity contribution in [3.05, 3.63) is 17.6 Å². The number of hydrogen-bond acceptors (Lipinski definition) is 4. The van der Waals surface area contributed by atoms with Crippen molar-refractivity contribution in [2.75, 3.05) is 0 Å². The fourth-order valence-corrected chi connectivity index (χ4v) is 2.34. The van der Waals surface area contributed by atoms with Crippen molar-refractivity contribution in [2.24, 2.45) is 0 Å². The molecule has 2 aromatic heterocycles. The van der Waals surface area contributed by atoms with Crippen molar-refractivity contribution in [3.8, 4) is 5.88 Å². The smallest absolute Gasteiger partial charge is 0.255 e. The standard InChI is InChI=1S/C14H22N4O/c1-3-4-5-6-7-8-9-12-11(2)17-14-15-10-16-18(14)13(12)19/h10,19H,3-9H2,1-2H3. The topological polar surface area (TPSA) is 63.3 Å². The summed E-state index contributed by atoms with van der Waals surface area (Å²) in [6.07, 6.45) is 9.72. The van der Waals surface area contributed by atoms with Gasteiger partial charge in [0.25, 0.3) is 5.78 Å². The zero-order valence-electron chi connectivity index (χ0n) is 11.8. The summed E-state index contributed by atoms with van der Waals surface area (Å²) in [7, 11) is 0. The fourth-order valence-electron chi connectivity index (χ4n) is 2.34. The number of hydrogen-bond donors (Lipinski definition) is 1. The molecule has 0 saturated heterocycles. The minimum Gasteiger partial charge on any atom is -0.493 e. The van der Waals surface area contributed by atoms with Crippen molar-refractivity contribution in [2.45, 2.75) is 58.8 Å². The molecule has 0 spiro atoms. The summed E-state index contributed by atoms with van der Waals surface area (Å²) < 4.78 is 1.40. The van der Waals surface area contributed by atoms with Crippen molar-refractivity contribution in [1.82, 2.24) is 19.6 Å². The summed E-state index contributed by atoms with van der Waals surface area (Å²) in [6.45, 7) is 4.14. The lowest BCUT2D eigenvalue weighted by molar-refractivity contribution is 0.424. The molecule has 0 radical (unpaired) electrons. The van der Waals surface area contributed by atoms with Crippen molar-refractivity contribution >= 4 is 5.78 Å². The third-order valence-corrected chi connectivity index (χ3v) is 3.49. The Labute approximate surface area is 113 Å². The quantitative estimate of drug-likeness (QED) is 0.779. The van der Waals surface area contributed by atoms with Gasteiger partial charge in [0.15, 0.2) is 0 Å². The van der Waals surface area contributed by atoms with E-state index in [0.29, 0.717) is 5.78 Å². The lowest BCUT2D eigenvalue weighted by Crippen LogP contribution is -2.02. The molecule has 0 aliphatic heterocycles. The molecule has 2 heterocycles. The molecule has 5 heteroatoms. The molecular formula is C14H22N4O. The molecule has 2 rings (SSSR count). The van der Waals surface area contributed by atoms with Crippen LogP contribution >= 0.6 is 0 Å². The highest BCUT2D eigenvalue weighted by Gasteiger charge is 2.12. The van der Waals surface area contributed by atoms with Gasteiger partial charge < -0.3 is 5.11 Å². The molecule has 0 fully saturated rings. The van der Waals surface area contributed by atoms with Crippen LogP contribution in [0.3, 0.4) is 0 Å². The number of nitrogens with zero attached hydrogens (tertiary/aromatic N) is 4. The number of aryl methyl sites for hydroxylation is 1. The first-order valence-electron chi connectivity index (χ1n) is 7.12. The molecule has 104 valence electrons. The van der Waals surface area contributed by atoms with Crippen LogP contribution in [0.1, 0.15) is 56.7 Å². The van der Waals surface area contributed by atoms with Gasteiger partial charge in [0.2, 0.25) is 5.88 Å². The summed E-state index contributed by atoms with van der Waals surface area (Å²) in [4.78, 5) is 8.35. The molecule has 19 heavy (non-hydrogen) atoms. The molecule has 0 atom stereocenters. The highest BCUT2D eigenvalue weighted by Crippen LogP contribution is 2.22. The average Bonchev–Trinajstić information content (AvgIpc) is 2.85. The summed E-state index contributed by atoms with van der Waals surface area (Å²) in [6, 6.07) is 0. The molecule has 0 unspecified atom stereocenters. The van der Waals surface area contributed by atoms with Gasteiger partial charge in [-0.05, 0) is 19.8 Å². The summed E-state index contributed by atoms with van der Waals surface area (Å²) in [5.41, 5.74) is 1.75. The third-order valence-electron chi connectivity index (χ3n) is 3.49. The maximum absolute atomic E-state index is 10.2. The van der Waals surface area contributed by atoms with Crippen molar-refractivity contribution in [1.29, 1.82) is 0 Å². The van der Waals surface area contributed by atoms with Gasteiger partial charge in [0.1, 0.15) is 6.33 Å². The molecule has 0 amide bonds. The molecular weight excluding hydrogens is 240 g/mol. The molecule has 0 saturated carbocycles. The predicted octanol–water partition coefficient (Wildman–Crippen LogP) is 3.04. The largest absolute Gasteiger partial charge is 0.493 e. The van der Waals surface area contributed by atoms with Crippen LogP contribution in [0.15, 0.2) is 6.33 Å². The molecule has 0 aliphatic rings. The number of rotatable bonds is 7. The van der Waals surface area contributed by atoms with E-state index in [1.807, 2.05) is 6.92 Å². The maximum Gasteiger partial charge on any atom is 0.255 e. The van der Waals surface area contributed by atoms with Crippen molar-refractivity contribution < 1.29 is 5.11 Å². The number of aromatic nitrogens is 4. The van der Waals surface area contributed by atoms with Gasteiger partial charge in [-0.1, -0.05) is 39.0 Å². The molecule has 0 bridgehead atoms. The Balaban J connectivity index is 1.96. The maximum atomic E-state index is 10.2. The molecule has 0 aromatic carbocycles. The summed E-state index contributed by atoms with van der Waals surface area (Å²) in [5.74, 6) is 0.648. The molecule has 2 aromatic rings. The Morgan fingerprint density at radius 3 is 2.68 bits per heavy atom. The first-order chi connectivity index (χ1) is 9.24. The van der Waals surface area contributed by atoms with Crippen LogP contribution in [-0.2, 0) is 6.42 Å². The average molecular weight is 262 g/mol. The van der Waals surface area contributed by atoms with E-state index in [0.717, 1.165) is 24.1 Å². The van der Waals surface area contributed by atoms with Crippen molar-refractivity contribution in [3.63, 3.8) is 0 Å². The minimum absolute atomic E-state index is 0.188. The Morgan fingerprint density at radius 2 is 1.89 bits per heavy atom. The van der Waals surface area contributed by atoms with Gasteiger partial charge in [-0.3, -0.25) is 0 Å². The Morgan fingerprint density at radius 1 is 1.16 bits per heavy atom. The number of unbranched alkanes of at least 4 members (excludes halogenated alkanes) is 5. The van der Waals surface area contributed by atoms with Crippen LogP contribution in [-0.4, -0.2) is 24.7 Å². The van der Waals surface area contributed by atoms with E-state index in [9.17, 15) is 5.11 Å². The van der Waals surface area contributed by atoms with Crippen LogP contribution < -0.4 is 0 Å². The van der Waals surface area contributed by atoms with E-state index < -0.39 is 0 Å². The summed E-state index contributed by atoms with van der Waals surface area (Å²) in [5, 5.41) is 14.2. The number of aromatic hydroxyl groups is 1. The minimum atomic E-state index is 0.188. The second-order valence-corrected chi connectivity index (χ2v) is 4.99. The lowest BCUT2D eigenvalue weighted by atomic mass is 10.0. The Hall–Kier alpha value is -1.65. The van der Waals surface area contributed by atoms with Gasteiger partial charge in [0.05, 0.1) is 0 Å². The van der Waals surface area contributed by atoms with E-state index >= 15 is 0 Å². The normalized spacial score (nSPS) is 11.3. The van der Waals surface area contributed by atoms with Gasteiger partial charge in [-0.2, -0.15) is 14.6 Å². The monoisotopic (exact) mass is 262 g/mol. The SMILES string of the molecule is CCCCCCCCc1c(C)nc2ncnn2c1O. The van der Waals surface area contributed by atoms with E-state index in [-0.39, 0.29) is 5.88 Å². The first kappa shape index (κ1) is 13.8. The molecule has 0 aliphatic carbocycles. The second-order valence-electron chi connectivity index (χ2n) is 4.99. The number of fused-ring (bicyclic) bond motifs is 1.